The van der Waals surface area contributed by atoms with Gasteiger partial charge in [0.25, 0.3) is 0 Å². The molecule has 0 spiro atoms. The second-order valence-electron chi connectivity index (χ2n) is 8.02. The Balaban J connectivity index is 0.000000195. The van der Waals surface area contributed by atoms with Gasteiger partial charge in [0.1, 0.15) is 0 Å². The monoisotopic (exact) mass is 531 g/mol. The minimum atomic E-state index is -4.01. The predicted molar refractivity (Wildman–Crippen MR) is 135 cm³/mol. The molecule has 0 fully saturated rings. The molecule has 0 unspecified atom stereocenters. The summed E-state index contributed by atoms with van der Waals surface area (Å²) >= 11 is 0.978. The van der Waals surface area contributed by atoms with Crippen LogP contribution in [0, 0.1) is 0 Å². The first kappa shape index (κ1) is 23.1. The number of aromatic amines is 2. The maximum atomic E-state index is 10.5. The number of fused-ring (bicyclic) bond motifs is 8. The van der Waals surface area contributed by atoms with E-state index in [0.717, 1.165) is 67.3 Å². The first-order valence-corrected chi connectivity index (χ1v) is 13.7. The maximum absolute atomic E-state index is 10.5. The fourth-order valence-electron chi connectivity index (χ4n) is 3.60. The molecule has 2 aliphatic rings. The summed E-state index contributed by atoms with van der Waals surface area (Å²) in [7, 11) is -4.01. The first-order chi connectivity index (χ1) is 16.8. The molecule has 35 heavy (non-hydrogen) atoms. The molecule has 0 aliphatic carbocycles. The Hall–Kier alpha value is -3.65. The number of hydrogen-bond donors (Lipinski definition) is 3. The Bertz CT molecular complexity index is 1560. The molecule has 0 radical (unpaired) electrons. The van der Waals surface area contributed by atoms with Gasteiger partial charge < -0.3 is 9.97 Å². The minimum absolute atomic E-state index is 0.0466. The molecule has 169 valence electrons. The summed E-state index contributed by atoms with van der Waals surface area (Å²) in [6.45, 7) is 0. The topological polar surface area (TPSA) is 112 Å². The van der Waals surface area contributed by atoms with E-state index in [0.29, 0.717) is 0 Å². The summed E-state index contributed by atoms with van der Waals surface area (Å²) in [5.74, 6) is 0. The molecule has 5 heterocycles. The Kier molecular flexibility index (Phi) is 6.30. The molecule has 0 atom stereocenters. The summed E-state index contributed by atoms with van der Waals surface area (Å²) in [6.07, 6.45) is 8.09. The zero-order chi connectivity index (χ0) is 24.4. The Morgan fingerprint density at radius 2 is 0.943 bits per heavy atom. The van der Waals surface area contributed by atoms with Crippen LogP contribution in [0.4, 0.5) is 0 Å². The SMILES string of the molecule is C1=Cc2cc3ccc(cc4nc(cc5ccc(cc1n2)[nH]5)C=C4)[nH]3.O=S(=O)(O)c1cc[c]([Zn])cc1. The fraction of sp³-hybridized carbons (Fsp3) is 0. The van der Waals surface area contributed by atoms with Gasteiger partial charge in [-0.1, -0.05) is 0 Å². The zero-order valence-corrected chi connectivity index (χ0v) is 22.3. The first-order valence-electron chi connectivity index (χ1n) is 10.7. The van der Waals surface area contributed by atoms with Gasteiger partial charge in [-0.2, -0.15) is 0 Å². The van der Waals surface area contributed by atoms with Crippen molar-refractivity contribution in [3.63, 3.8) is 0 Å². The molecular formula is C26H19N4O3SZn. The van der Waals surface area contributed by atoms with E-state index in [2.05, 4.69) is 44.2 Å². The number of hydrogen-bond acceptors (Lipinski definition) is 4. The van der Waals surface area contributed by atoms with Crippen molar-refractivity contribution in [2.24, 2.45) is 0 Å². The van der Waals surface area contributed by atoms with Crippen LogP contribution in [0.2, 0.25) is 0 Å². The molecule has 6 rings (SSSR count). The molecule has 4 aromatic rings. The zero-order valence-electron chi connectivity index (χ0n) is 18.5. The standard InChI is InChI=1S/C20H14N4.C6H5O3S.Zn/c1-2-14-10-16-5-6-18(23-16)12-20-8-7-19(24-20)11-17-4-3-15(22-17)9-13(1)21-14;7-10(8,9)6-4-2-1-3-5-6;/h1-12,21,24H;2-5H,(H,7,8,9);. The van der Waals surface area contributed by atoms with Crippen LogP contribution in [0.25, 0.3) is 46.4 Å². The van der Waals surface area contributed by atoms with Crippen molar-refractivity contribution in [1.29, 1.82) is 0 Å². The van der Waals surface area contributed by atoms with Crippen molar-refractivity contribution in [3.05, 3.63) is 95.6 Å². The third-order valence-electron chi connectivity index (χ3n) is 5.26. The van der Waals surface area contributed by atoms with E-state index in [1.54, 1.807) is 12.1 Å². The van der Waals surface area contributed by atoms with E-state index in [9.17, 15) is 8.42 Å². The molecule has 0 amide bonds. The van der Waals surface area contributed by atoms with Gasteiger partial charge in [-0.25, -0.2) is 9.97 Å². The number of nitrogens with zero attached hydrogens (tertiary/aromatic N) is 2. The second-order valence-corrected chi connectivity index (χ2v) is 11.2. The van der Waals surface area contributed by atoms with Crippen LogP contribution in [0.15, 0.2) is 77.7 Å². The van der Waals surface area contributed by atoms with Crippen LogP contribution >= 0.6 is 0 Å². The van der Waals surface area contributed by atoms with Crippen LogP contribution in [0.1, 0.15) is 22.8 Å². The normalized spacial score (nSPS) is 12.3. The molecule has 0 saturated heterocycles. The summed E-state index contributed by atoms with van der Waals surface area (Å²) in [4.78, 5) is 16.0. The molecule has 0 saturated carbocycles. The number of rotatable bonds is 1. The third-order valence-corrected chi connectivity index (χ3v) is 7.12. The van der Waals surface area contributed by atoms with Gasteiger partial charge in [0, 0.05) is 22.1 Å². The van der Waals surface area contributed by atoms with Crippen LogP contribution in [-0.2, 0) is 28.4 Å². The van der Waals surface area contributed by atoms with Crippen LogP contribution in [0.3, 0.4) is 0 Å². The third kappa shape index (κ3) is 5.89. The number of benzene rings is 1. The summed E-state index contributed by atoms with van der Waals surface area (Å²) < 4.78 is 30.7. The van der Waals surface area contributed by atoms with Gasteiger partial charge in [0.2, 0.25) is 0 Å². The predicted octanol–water partition coefficient (Wildman–Crippen LogP) is 4.76. The Morgan fingerprint density at radius 3 is 1.26 bits per heavy atom. The van der Waals surface area contributed by atoms with Crippen molar-refractivity contribution >= 4 is 60.6 Å². The van der Waals surface area contributed by atoms with Crippen LogP contribution in [-0.4, -0.2) is 32.9 Å². The van der Waals surface area contributed by atoms with Crippen molar-refractivity contribution in [3.8, 4) is 0 Å². The van der Waals surface area contributed by atoms with E-state index < -0.39 is 10.1 Å². The van der Waals surface area contributed by atoms with Crippen molar-refractivity contribution < 1.29 is 31.3 Å². The van der Waals surface area contributed by atoms with E-state index >= 15 is 0 Å². The van der Waals surface area contributed by atoms with Gasteiger partial charge in [-0.3, -0.25) is 0 Å². The molecule has 3 aromatic heterocycles. The van der Waals surface area contributed by atoms with Crippen LogP contribution < -0.4 is 4.16 Å². The molecule has 8 bridgehead atoms. The molecule has 7 nitrogen and oxygen atoms in total. The van der Waals surface area contributed by atoms with Crippen LogP contribution in [0.5, 0.6) is 0 Å². The number of nitrogens with one attached hydrogen (secondary N) is 2. The number of H-pyrrole nitrogens is 2. The average molecular weight is 533 g/mol. The molecule has 3 N–H and O–H groups in total. The second kappa shape index (κ2) is 9.54. The van der Waals surface area contributed by atoms with Gasteiger partial charge >= 0.3 is 74.7 Å². The van der Waals surface area contributed by atoms with E-state index in [-0.39, 0.29) is 4.90 Å². The van der Waals surface area contributed by atoms with E-state index in [1.807, 2.05) is 48.6 Å². The van der Waals surface area contributed by atoms with Crippen molar-refractivity contribution in [2.45, 2.75) is 4.90 Å². The van der Waals surface area contributed by atoms with Crippen molar-refractivity contribution in [1.82, 2.24) is 19.9 Å². The Morgan fingerprint density at radius 1 is 0.600 bits per heavy atom. The molecule has 1 aromatic carbocycles. The Labute approximate surface area is 211 Å². The van der Waals surface area contributed by atoms with Crippen molar-refractivity contribution in [2.75, 3.05) is 0 Å². The average Bonchev–Trinajstić information content (AvgIpc) is 3.60. The molecule has 9 heteroatoms. The van der Waals surface area contributed by atoms with Gasteiger partial charge in [-0.15, -0.1) is 0 Å². The van der Waals surface area contributed by atoms with Gasteiger partial charge in [-0.05, 0) is 72.8 Å². The fourth-order valence-corrected chi connectivity index (χ4v) is 4.58. The summed E-state index contributed by atoms with van der Waals surface area (Å²) in [6, 6.07) is 22.5. The summed E-state index contributed by atoms with van der Waals surface area (Å²) in [5, 5.41) is 0. The van der Waals surface area contributed by atoms with E-state index in [1.165, 1.54) is 12.1 Å². The van der Waals surface area contributed by atoms with E-state index in [4.69, 9.17) is 4.55 Å². The van der Waals surface area contributed by atoms with Gasteiger partial charge in [0.05, 0.1) is 22.8 Å². The quantitative estimate of drug-likeness (QED) is 0.209. The van der Waals surface area contributed by atoms with Gasteiger partial charge in [0.15, 0.2) is 0 Å². The molecular weight excluding hydrogens is 514 g/mol. The number of aromatic nitrogens is 4. The molecule has 2 aliphatic heterocycles. The summed E-state index contributed by atoms with van der Waals surface area (Å²) in [5.41, 5.74) is 7.86.